The fourth-order valence-electron chi connectivity index (χ4n) is 6.77. The topological polar surface area (TPSA) is 79.3 Å². The van der Waals surface area contributed by atoms with Crippen molar-refractivity contribution in [1.29, 1.82) is 0 Å². The molecule has 7 nitrogen and oxygen atoms in total. The highest BCUT2D eigenvalue weighted by Crippen LogP contribution is 2.52. The standard InChI is InChI=1S/C37H42N2O5S/c1-3-20-43-35(41)38-25-28(23-33(38)27-40)22-32-24-34(26-39(32)36(42)44-21-4-2)45-37(29-14-8-5-9-15-29,30-16-10-6-11-17-30)31-18-12-7-13-19-31/h3-19,28,32-34,40H,1-2,20-27H2/t28?,32-,33+,34+/m1/s1. The molecule has 2 heterocycles. The Morgan fingerprint density at radius 1 is 0.756 bits per heavy atom. The third kappa shape index (κ3) is 7.29. The van der Waals surface area contributed by atoms with Gasteiger partial charge in [0.25, 0.3) is 0 Å². The number of likely N-dealkylation sites (tertiary alicyclic amines) is 2. The molecule has 2 aliphatic rings. The van der Waals surface area contributed by atoms with E-state index in [1.165, 1.54) is 22.8 Å². The van der Waals surface area contributed by atoms with Gasteiger partial charge >= 0.3 is 12.2 Å². The monoisotopic (exact) mass is 626 g/mol. The van der Waals surface area contributed by atoms with Gasteiger partial charge in [0, 0.05) is 24.4 Å². The average Bonchev–Trinajstić information content (AvgIpc) is 3.69. The van der Waals surface area contributed by atoms with Gasteiger partial charge in [0.05, 0.1) is 17.4 Å². The van der Waals surface area contributed by atoms with Crippen LogP contribution in [0.3, 0.4) is 0 Å². The van der Waals surface area contributed by atoms with Crippen LogP contribution in [0.5, 0.6) is 0 Å². The van der Waals surface area contributed by atoms with E-state index in [4.69, 9.17) is 9.47 Å². The molecule has 4 atom stereocenters. The van der Waals surface area contributed by atoms with E-state index in [-0.39, 0.29) is 49.2 Å². The first kappa shape index (κ1) is 32.4. The molecule has 3 aromatic carbocycles. The maximum absolute atomic E-state index is 13.4. The first-order valence-electron chi connectivity index (χ1n) is 15.5. The summed E-state index contributed by atoms with van der Waals surface area (Å²) < 4.78 is 10.3. The molecule has 3 aromatic rings. The van der Waals surface area contributed by atoms with Gasteiger partial charge in [0.1, 0.15) is 13.2 Å². The molecule has 0 radical (unpaired) electrons. The zero-order valence-corrected chi connectivity index (χ0v) is 26.4. The van der Waals surface area contributed by atoms with Gasteiger partial charge in [0.2, 0.25) is 0 Å². The van der Waals surface area contributed by atoms with E-state index in [9.17, 15) is 14.7 Å². The largest absolute Gasteiger partial charge is 0.445 e. The molecule has 1 N–H and O–H groups in total. The Balaban J connectivity index is 1.45. The molecule has 0 spiro atoms. The molecule has 0 saturated carbocycles. The summed E-state index contributed by atoms with van der Waals surface area (Å²) in [5.74, 6) is 0.101. The third-order valence-corrected chi connectivity index (χ3v) is 10.4. The molecule has 1 unspecified atom stereocenters. The van der Waals surface area contributed by atoms with Crippen LogP contribution >= 0.6 is 11.8 Å². The number of aliphatic hydroxyl groups is 1. The Morgan fingerprint density at radius 2 is 1.22 bits per heavy atom. The Hall–Kier alpha value is -4.01. The van der Waals surface area contributed by atoms with Crippen LogP contribution in [0.1, 0.15) is 36.0 Å². The highest BCUT2D eigenvalue weighted by atomic mass is 32.2. The van der Waals surface area contributed by atoms with Gasteiger partial charge in [-0.3, -0.25) is 0 Å². The second-order valence-electron chi connectivity index (χ2n) is 11.6. The van der Waals surface area contributed by atoms with Crippen molar-refractivity contribution in [2.24, 2.45) is 5.92 Å². The predicted octanol–water partition coefficient (Wildman–Crippen LogP) is 6.87. The van der Waals surface area contributed by atoms with Crippen molar-refractivity contribution < 1.29 is 24.2 Å². The Morgan fingerprint density at radius 3 is 1.67 bits per heavy atom. The Labute approximate surface area is 270 Å². The molecule has 2 aliphatic heterocycles. The zero-order valence-electron chi connectivity index (χ0n) is 25.6. The van der Waals surface area contributed by atoms with Gasteiger partial charge < -0.3 is 24.4 Å². The number of aliphatic hydroxyl groups excluding tert-OH is 1. The molecule has 0 bridgehead atoms. The van der Waals surface area contributed by atoms with E-state index in [0.29, 0.717) is 25.9 Å². The summed E-state index contributed by atoms with van der Waals surface area (Å²) in [6.07, 6.45) is 4.41. The summed E-state index contributed by atoms with van der Waals surface area (Å²) in [6, 6.07) is 31.3. The van der Waals surface area contributed by atoms with Crippen LogP contribution in [0, 0.1) is 5.92 Å². The SMILES string of the molecule is C=CCOC(=O)N1CC(C[C@@H]2C[C@H](SC(c3ccccc3)(c3ccccc3)c3ccccc3)CN2C(=O)OCC=C)C[C@H]1CO. The predicted molar refractivity (Wildman–Crippen MR) is 179 cm³/mol. The maximum atomic E-state index is 13.4. The quantitative estimate of drug-likeness (QED) is 0.175. The molecular formula is C37H42N2O5S. The summed E-state index contributed by atoms with van der Waals surface area (Å²) in [7, 11) is 0. The number of carbonyl (C=O) groups is 2. The molecule has 2 fully saturated rings. The molecule has 5 rings (SSSR count). The van der Waals surface area contributed by atoms with Crippen LogP contribution in [0.15, 0.2) is 116 Å². The minimum Gasteiger partial charge on any atom is -0.445 e. The summed E-state index contributed by atoms with van der Waals surface area (Å²) in [4.78, 5) is 29.6. The van der Waals surface area contributed by atoms with Gasteiger partial charge in [-0.25, -0.2) is 9.59 Å². The number of benzene rings is 3. The van der Waals surface area contributed by atoms with E-state index in [1.807, 2.05) is 34.9 Å². The molecule has 0 aromatic heterocycles. The zero-order chi connectivity index (χ0) is 31.6. The van der Waals surface area contributed by atoms with Crippen LogP contribution in [0.2, 0.25) is 0 Å². The maximum Gasteiger partial charge on any atom is 0.410 e. The molecule has 236 valence electrons. The van der Waals surface area contributed by atoms with Gasteiger partial charge in [-0.05, 0) is 41.9 Å². The van der Waals surface area contributed by atoms with Crippen LogP contribution in [0.25, 0.3) is 0 Å². The number of thioether (sulfide) groups is 1. The van der Waals surface area contributed by atoms with E-state index in [0.717, 1.165) is 6.42 Å². The van der Waals surface area contributed by atoms with Crippen molar-refractivity contribution in [2.75, 3.05) is 32.9 Å². The first-order valence-corrected chi connectivity index (χ1v) is 16.4. The molecule has 45 heavy (non-hydrogen) atoms. The minimum atomic E-state index is -0.513. The normalized spacial score (nSPS) is 21.4. The van der Waals surface area contributed by atoms with E-state index < -0.39 is 10.8 Å². The van der Waals surface area contributed by atoms with Crippen molar-refractivity contribution in [3.05, 3.63) is 133 Å². The van der Waals surface area contributed by atoms with Crippen LogP contribution in [-0.2, 0) is 14.2 Å². The summed E-state index contributed by atoms with van der Waals surface area (Å²) in [5, 5.41) is 10.1. The lowest BCUT2D eigenvalue weighted by atomic mass is 9.84. The molecule has 0 aliphatic carbocycles. The summed E-state index contributed by atoms with van der Waals surface area (Å²) in [5.41, 5.74) is 3.52. The van der Waals surface area contributed by atoms with E-state index >= 15 is 0 Å². The van der Waals surface area contributed by atoms with Crippen molar-refractivity contribution in [2.45, 2.75) is 41.3 Å². The molecule has 8 heteroatoms. The van der Waals surface area contributed by atoms with Crippen molar-refractivity contribution in [1.82, 2.24) is 9.80 Å². The van der Waals surface area contributed by atoms with Gasteiger partial charge in [-0.1, -0.05) is 116 Å². The number of ether oxygens (including phenoxy) is 2. The highest BCUT2D eigenvalue weighted by molar-refractivity contribution is 8.01. The summed E-state index contributed by atoms with van der Waals surface area (Å²) >= 11 is 1.88. The first-order chi connectivity index (χ1) is 22.0. The summed E-state index contributed by atoms with van der Waals surface area (Å²) in [6.45, 7) is 8.44. The van der Waals surface area contributed by atoms with Crippen LogP contribution in [-0.4, -0.2) is 77.3 Å². The van der Waals surface area contributed by atoms with Gasteiger partial charge in [-0.15, -0.1) is 11.8 Å². The second kappa shape index (κ2) is 15.3. The Bertz CT molecular complexity index is 1320. The number of nitrogens with zero attached hydrogens (tertiary/aromatic N) is 2. The lowest BCUT2D eigenvalue weighted by Gasteiger charge is -2.37. The van der Waals surface area contributed by atoms with Crippen LogP contribution in [0.4, 0.5) is 9.59 Å². The Kier molecular flexibility index (Phi) is 11.0. The number of rotatable bonds is 12. The number of hydrogen-bond donors (Lipinski definition) is 1. The van der Waals surface area contributed by atoms with Crippen molar-refractivity contribution in [3.8, 4) is 0 Å². The third-order valence-electron chi connectivity index (χ3n) is 8.70. The smallest absolute Gasteiger partial charge is 0.410 e. The van der Waals surface area contributed by atoms with E-state index in [2.05, 4.69) is 86.0 Å². The van der Waals surface area contributed by atoms with Gasteiger partial charge in [0.15, 0.2) is 0 Å². The number of carbonyl (C=O) groups excluding carboxylic acids is 2. The highest BCUT2D eigenvalue weighted by Gasteiger charge is 2.46. The minimum absolute atomic E-state index is 0.0895. The number of hydrogen-bond acceptors (Lipinski definition) is 6. The molecular weight excluding hydrogens is 584 g/mol. The lowest BCUT2D eigenvalue weighted by molar-refractivity contribution is 0.0910. The fourth-order valence-corrected chi connectivity index (χ4v) is 8.64. The molecule has 2 amide bonds. The number of amides is 2. The lowest BCUT2D eigenvalue weighted by Crippen LogP contribution is -2.39. The van der Waals surface area contributed by atoms with Crippen molar-refractivity contribution in [3.63, 3.8) is 0 Å². The van der Waals surface area contributed by atoms with Gasteiger partial charge in [-0.2, -0.15) is 0 Å². The average molecular weight is 627 g/mol. The van der Waals surface area contributed by atoms with Crippen molar-refractivity contribution >= 4 is 23.9 Å². The second-order valence-corrected chi connectivity index (χ2v) is 13.1. The van der Waals surface area contributed by atoms with Crippen LogP contribution < -0.4 is 0 Å². The molecule has 2 saturated heterocycles. The van der Waals surface area contributed by atoms with E-state index in [1.54, 1.807) is 11.0 Å². The fraction of sp³-hybridized carbons (Fsp3) is 0.351.